The maximum Gasteiger partial charge on any atom is 0.311 e. The van der Waals surface area contributed by atoms with E-state index in [9.17, 15) is 4.79 Å². The van der Waals surface area contributed by atoms with E-state index in [-0.39, 0.29) is 23.9 Å². The highest BCUT2D eigenvalue weighted by Gasteiger charge is 2.47. The van der Waals surface area contributed by atoms with Crippen LogP contribution in [0.25, 0.3) is 0 Å². The van der Waals surface area contributed by atoms with Crippen molar-refractivity contribution in [2.45, 2.75) is 57.2 Å². The van der Waals surface area contributed by atoms with Gasteiger partial charge in [-0.25, -0.2) is 0 Å². The molecule has 0 aromatic heterocycles. The molecular weight excluding hydrogens is 264 g/mol. The molecule has 0 N–H and O–H groups in total. The van der Waals surface area contributed by atoms with E-state index in [2.05, 4.69) is 38.1 Å². The fourth-order valence-corrected chi connectivity index (χ4v) is 3.78. The first-order valence-electron chi connectivity index (χ1n) is 7.93. The van der Waals surface area contributed by atoms with E-state index in [0.29, 0.717) is 12.0 Å². The number of methoxy groups -OCH3 is 1. The molecule has 0 aliphatic carbocycles. The topological polar surface area (TPSA) is 35.5 Å². The minimum atomic E-state index is -0.154. The molecule has 0 spiro atoms. The SMILES string of the molecule is COC(=O)[C@H]1[C@@H](c2ccc(C(C)C)cc2)CC2CC[C@H]1O2. The molecule has 1 unspecified atom stereocenters. The molecule has 2 heterocycles. The van der Waals surface area contributed by atoms with Crippen molar-refractivity contribution in [2.75, 3.05) is 7.11 Å². The van der Waals surface area contributed by atoms with Crippen molar-refractivity contribution in [1.29, 1.82) is 0 Å². The molecule has 3 heteroatoms. The van der Waals surface area contributed by atoms with Gasteiger partial charge in [0, 0.05) is 5.92 Å². The van der Waals surface area contributed by atoms with E-state index in [1.807, 2.05) is 0 Å². The van der Waals surface area contributed by atoms with Crippen LogP contribution >= 0.6 is 0 Å². The van der Waals surface area contributed by atoms with Gasteiger partial charge in [-0.3, -0.25) is 4.79 Å². The van der Waals surface area contributed by atoms with Gasteiger partial charge in [-0.05, 0) is 36.3 Å². The highest BCUT2D eigenvalue weighted by molar-refractivity contribution is 5.74. The van der Waals surface area contributed by atoms with Gasteiger partial charge in [-0.15, -0.1) is 0 Å². The first kappa shape index (κ1) is 14.6. The predicted molar refractivity (Wildman–Crippen MR) is 81.3 cm³/mol. The van der Waals surface area contributed by atoms with Gasteiger partial charge >= 0.3 is 5.97 Å². The number of hydrogen-bond acceptors (Lipinski definition) is 3. The Morgan fingerprint density at radius 2 is 1.95 bits per heavy atom. The van der Waals surface area contributed by atoms with Crippen molar-refractivity contribution in [3.8, 4) is 0 Å². The number of hydrogen-bond donors (Lipinski definition) is 0. The minimum Gasteiger partial charge on any atom is -0.469 e. The lowest BCUT2D eigenvalue weighted by molar-refractivity contribution is -0.156. The molecule has 2 fully saturated rings. The number of esters is 1. The smallest absolute Gasteiger partial charge is 0.311 e. The fraction of sp³-hybridized carbons (Fsp3) is 0.611. The van der Waals surface area contributed by atoms with Crippen molar-refractivity contribution in [3.05, 3.63) is 35.4 Å². The fourth-order valence-electron chi connectivity index (χ4n) is 3.78. The highest BCUT2D eigenvalue weighted by Crippen LogP contribution is 2.45. The molecule has 0 radical (unpaired) electrons. The Hall–Kier alpha value is -1.35. The average molecular weight is 288 g/mol. The van der Waals surface area contributed by atoms with Crippen LogP contribution in [0.15, 0.2) is 24.3 Å². The molecule has 2 aliphatic rings. The Morgan fingerprint density at radius 1 is 1.24 bits per heavy atom. The summed E-state index contributed by atoms with van der Waals surface area (Å²) in [4.78, 5) is 12.2. The van der Waals surface area contributed by atoms with Gasteiger partial charge in [-0.2, -0.15) is 0 Å². The van der Waals surface area contributed by atoms with E-state index in [0.717, 1.165) is 19.3 Å². The molecule has 3 rings (SSSR count). The molecule has 2 aliphatic heterocycles. The van der Waals surface area contributed by atoms with Gasteiger partial charge in [0.1, 0.15) is 0 Å². The second-order valence-corrected chi connectivity index (χ2v) is 6.59. The van der Waals surface area contributed by atoms with E-state index in [1.165, 1.54) is 18.2 Å². The van der Waals surface area contributed by atoms with Crippen LogP contribution < -0.4 is 0 Å². The number of benzene rings is 1. The molecule has 4 atom stereocenters. The first-order valence-corrected chi connectivity index (χ1v) is 7.93. The van der Waals surface area contributed by atoms with Crippen molar-refractivity contribution in [1.82, 2.24) is 0 Å². The quantitative estimate of drug-likeness (QED) is 0.797. The van der Waals surface area contributed by atoms with Crippen LogP contribution in [0.2, 0.25) is 0 Å². The number of carbonyl (C=O) groups is 1. The summed E-state index contributed by atoms with van der Waals surface area (Å²) in [6.45, 7) is 4.39. The van der Waals surface area contributed by atoms with Crippen LogP contribution in [0, 0.1) is 5.92 Å². The van der Waals surface area contributed by atoms with Gasteiger partial charge in [0.2, 0.25) is 0 Å². The summed E-state index contributed by atoms with van der Waals surface area (Å²) in [6.07, 6.45) is 3.32. The van der Waals surface area contributed by atoms with E-state index in [1.54, 1.807) is 0 Å². The van der Waals surface area contributed by atoms with Crippen LogP contribution in [0.1, 0.15) is 56.1 Å². The lowest BCUT2D eigenvalue weighted by Gasteiger charge is -2.35. The summed E-state index contributed by atoms with van der Waals surface area (Å²) in [6, 6.07) is 8.73. The predicted octanol–water partition coefficient (Wildman–Crippen LogP) is 3.63. The second kappa shape index (κ2) is 5.80. The standard InChI is InChI=1S/C18H24O3/c1-11(2)12-4-6-13(7-5-12)15-10-14-8-9-16(21-14)17(15)18(19)20-3/h4-7,11,14-17H,8-10H2,1-3H3/t14?,15-,16-,17+/m1/s1. The summed E-state index contributed by atoms with van der Waals surface area (Å²) in [5, 5.41) is 0. The lowest BCUT2D eigenvalue weighted by Crippen LogP contribution is -2.39. The van der Waals surface area contributed by atoms with E-state index < -0.39 is 0 Å². The Labute approximate surface area is 126 Å². The molecule has 21 heavy (non-hydrogen) atoms. The number of ether oxygens (including phenoxy) is 2. The molecule has 1 aromatic rings. The zero-order valence-corrected chi connectivity index (χ0v) is 13.0. The third kappa shape index (κ3) is 2.71. The summed E-state index contributed by atoms with van der Waals surface area (Å²) >= 11 is 0. The molecule has 0 saturated carbocycles. The lowest BCUT2D eigenvalue weighted by atomic mass is 9.78. The minimum absolute atomic E-state index is 0.0333. The van der Waals surface area contributed by atoms with Crippen molar-refractivity contribution in [3.63, 3.8) is 0 Å². The van der Waals surface area contributed by atoms with Crippen molar-refractivity contribution >= 4 is 5.97 Å². The Balaban J connectivity index is 1.89. The third-order valence-corrected chi connectivity index (χ3v) is 5.00. The summed E-state index contributed by atoms with van der Waals surface area (Å²) < 4.78 is 11.0. The van der Waals surface area contributed by atoms with Gasteiger partial charge in [0.05, 0.1) is 25.2 Å². The summed E-state index contributed by atoms with van der Waals surface area (Å²) in [5.41, 5.74) is 2.58. The molecule has 2 bridgehead atoms. The van der Waals surface area contributed by atoms with Gasteiger partial charge in [-0.1, -0.05) is 38.1 Å². The maximum atomic E-state index is 12.2. The second-order valence-electron chi connectivity index (χ2n) is 6.59. The van der Waals surface area contributed by atoms with Crippen LogP contribution in [0.4, 0.5) is 0 Å². The number of fused-ring (bicyclic) bond motifs is 2. The Morgan fingerprint density at radius 3 is 2.57 bits per heavy atom. The molecule has 0 amide bonds. The molecule has 1 aromatic carbocycles. The molecular formula is C18H24O3. The van der Waals surface area contributed by atoms with E-state index in [4.69, 9.17) is 9.47 Å². The van der Waals surface area contributed by atoms with Gasteiger partial charge in [0.25, 0.3) is 0 Å². The molecule has 114 valence electrons. The number of carbonyl (C=O) groups excluding carboxylic acids is 1. The van der Waals surface area contributed by atoms with Crippen LogP contribution in [-0.4, -0.2) is 25.3 Å². The summed E-state index contributed by atoms with van der Waals surface area (Å²) in [5.74, 6) is 0.475. The monoisotopic (exact) mass is 288 g/mol. The van der Waals surface area contributed by atoms with Gasteiger partial charge in [0.15, 0.2) is 0 Å². The van der Waals surface area contributed by atoms with Crippen LogP contribution in [-0.2, 0) is 14.3 Å². The first-order chi connectivity index (χ1) is 10.1. The Kier molecular flexibility index (Phi) is 4.03. The molecule has 3 nitrogen and oxygen atoms in total. The maximum absolute atomic E-state index is 12.2. The summed E-state index contributed by atoms with van der Waals surface area (Å²) in [7, 11) is 1.47. The largest absolute Gasteiger partial charge is 0.469 e. The van der Waals surface area contributed by atoms with Gasteiger partial charge < -0.3 is 9.47 Å². The normalized spacial score (nSPS) is 31.4. The van der Waals surface area contributed by atoms with Crippen LogP contribution in [0.3, 0.4) is 0 Å². The zero-order valence-electron chi connectivity index (χ0n) is 13.0. The Bertz CT molecular complexity index is 506. The van der Waals surface area contributed by atoms with Crippen molar-refractivity contribution in [2.24, 2.45) is 5.92 Å². The number of rotatable bonds is 3. The van der Waals surface area contributed by atoms with E-state index >= 15 is 0 Å². The third-order valence-electron chi connectivity index (χ3n) is 5.00. The molecule has 2 saturated heterocycles. The zero-order chi connectivity index (χ0) is 15.0. The van der Waals surface area contributed by atoms with Crippen LogP contribution in [0.5, 0.6) is 0 Å². The van der Waals surface area contributed by atoms with Crippen molar-refractivity contribution < 1.29 is 14.3 Å². The highest BCUT2D eigenvalue weighted by atomic mass is 16.5. The average Bonchev–Trinajstić information content (AvgIpc) is 2.88.